The van der Waals surface area contributed by atoms with Crippen molar-refractivity contribution in [3.05, 3.63) is 53.4 Å². The molecule has 3 rings (SSSR count). The van der Waals surface area contributed by atoms with E-state index in [0.29, 0.717) is 34.6 Å². The quantitative estimate of drug-likeness (QED) is 0.471. The van der Waals surface area contributed by atoms with E-state index in [2.05, 4.69) is 24.0 Å². The van der Waals surface area contributed by atoms with Gasteiger partial charge in [0.2, 0.25) is 11.6 Å². The van der Waals surface area contributed by atoms with Crippen LogP contribution in [0.2, 0.25) is 0 Å². The Labute approximate surface area is 181 Å². The summed E-state index contributed by atoms with van der Waals surface area (Å²) < 4.78 is 26.4. The van der Waals surface area contributed by atoms with E-state index >= 15 is 0 Å². The van der Waals surface area contributed by atoms with Gasteiger partial charge in [0.1, 0.15) is 0 Å². The summed E-state index contributed by atoms with van der Waals surface area (Å²) in [4.78, 5) is 16.6. The van der Waals surface area contributed by atoms with Gasteiger partial charge in [-0.1, -0.05) is 43.3 Å². The molecule has 0 N–H and O–H groups in total. The Kier molecular flexibility index (Phi) is 7.12. The number of nitrogens with zero attached hydrogens (tertiary/aromatic N) is 2. The van der Waals surface area contributed by atoms with Crippen molar-refractivity contribution in [2.75, 3.05) is 21.3 Å². The van der Waals surface area contributed by atoms with Crippen molar-refractivity contribution >= 4 is 5.97 Å². The first-order chi connectivity index (χ1) is 14.9. The first kappa shape index (κ1) is 22.1. The van der Waals surface area contributed by atoms with Gasteiger partial charge in [0.15, 0.2) is 18.1 Å². The molecule has 0 unspecified atom stereocenters. The lowest BCUT2D eigenvalue weighted by Gasteiger charge is -2.13. The maximum Gasteiger partial charge on any atom is 0.310 e. The van der Waals surface area contributed by atoms with Crippen LogP contribution in [-0.4, -0.2) is 37.4 Å². The Hall–Kier alpha value is -3.55. The fourth-order valence-corrected chi connectivity index (χ4v) is 3.05. The van der Waals surface area contributed by atoms with Gasteiger partial charge in [-0.15, -0.1) is 0 Å². The van der Waals surface area contributed by atoms with Crippen LogP contribution in [0.25, 0.3) is 11.4 Å². The largest absolute Gasteiger partial charge is 0.493 e. The van der Waals surface area contributed by atoms with E-state index < -0.39 is 5.97 Å². The molecule has 3 aromatic rings. The second kappa shape index (κ2) is 9.97. The number of esters is 1. The Morgan fingerprint density at radius 1 is 1.00 bits per heavy atom. The minimum absolute atomic E-state index is 0.0222. The molecule has 0 atom stereocenters. The van der Waals surface area contributed by atoms with Gasteiger partial charge in [0.25, 0.3) is 5.89 Å². The van der Waals surface area contributed by atoms with E-state index in [1.165, 1.54) is 26.9 Å². The summed E-state index contributed by atoms with van der Waals surface area (Å²) in [5.41, 5.74) is 2.73. The molecule has 0 radical (unpaired) electrons. The molecular weight excluding hydrogens is 400 g/mol. The van der Waals surface area contributed by atoms with Gasteiger partial charge in [0, 0.05) is 5.56 Å². The third-order valence-corrected chi connectivity index (χ3v) is 4.73. The number of hydrogen-bond acceptors (Lipinski definition) is 8. The monoisotopic (exact) mass is 426 g/mol. The molecule has 0 amide bonds. The molecule has 1 aromatic heterocycles. The van der Waals surface area contributed by atoms with E-state index in [9.17, 15) is 4.79 Å². The van der Waals surface area contributed by atoms with Gasteiger partial charge in [-0.2, -0.15) is 4.98 Å². The summed E-state index contributed by atoms with van der Waals surface area (Å²) in [5, 5.41) is 3.96. The van der Waals surface area contributed by atoms with Crippen LogP contribution in [0, 0.1) is 0 Å². The topological polar surface area (TPSA) is 92.9 Å². The molecule has 31 heavy (non-hydrogen) atoms. The predicted molar refractivity (Wildman–Crippen MR) is 113 cm³/mol. The van der Waals surface area contributed by atoms with E-state index in [-0.39, 0.29) is 18.9 Å². The number of methoxy groups -OCH3 is 3. The standard InChI is InChI=1S/C23H26N2O6/c1-14(2)16-6-8-17(9-7-16)23-24-20(31-25-23)13-30-21(26)12-15-10-18(27-3)22(29-5)19(11-15)28-4/h6-11,14H,12-13H2,1-5H3. The first-order valence-electron chi connectivity index (χ1n) is 9.82. The Morgan fingerprint density at radius 3 is 2.19 bits per heavy atom. The second-order valence-corrected chi connectivity index (χ2v) is 7.16. The van der Waals surface area contributed by atoms with Crippen LogP contribution in [-0.2, 0) is 22.6 Å². The smallest absolute Gasteiger partial charge is 0.310 e. The molecule has 1 heterocycles. The summed E-state index contributed by atoms with van der Waals surface area (Å²) >= 11 is 0. The van der Waals surface area contributed by atoms with Crippen LogP contribution in [0.15, 0.2) is 40.9 Å². The molecule has 0 spiro atoms. The number of benzene rings is 2. The number of carbonyl (C=O) groups excluding carboxylic acids is 1. The lowest BCUT2D eigenvalue weighted by molar-refractivity contribution is -0.144. The number of aromatic nitrogens is 2. The van der Waals surface area contributed by atoms with Crippen LogP contribution >= 0.6 is 0 Å². The van der Waals surface area contributed by atoms with Crippen LogP contribution in [0.4, 0.5) is 0 Å². The molecule has 0 saturated carbocycles. The Bertz CT molecular complexity index is 1000. The van der Waals surface area contributed by atoms with E-state index in [1.54, 1.807) is 12.1 Å². The van der Waals surface area contributed by atoms with Crippen molar-refractivity contribution in [3.63, 3.8) is 0 Å². The van der Waals surface area contributed by atoms with Crippen LogP contribution in [0.5, 0.6) is 17.2 Å². The highest BCUT2D eigenvalue weighted by Gasteiger charge is 2.16. The summed E-state index contributed by atoms with van der Waals surface area (Å²) in [5.74, 6) is 2.06. The van der Waals surface area contributed by atoms with Gasteiger partial charge in [-0.05, 0) is 29.2 Å². The molecule has 2 aromatic carbocycles. The maximum absolute atomic E-state index is 12.3. The van der Waals surface area contributed by atoms with Gasteiger partial charge in [0.05, 0.1) is 27.8 Å². The van der Waals surface area contributed by atoms with Crippen LogP contribution in [0.1, 0.15) is 36.8 Å². The highest BCUT2D eigenvalue weighted by Crippen LogP contribution is 2.38. The van der Waals surface area contributed by atoms with Crippen molar-refractivity contribution in [2.24, 2.45) is 0 Å². The molecule has 0 fully saturated rings. The maximum atomic E-state index is 12.3. The minimum Gasteiger partial charge on any atom is -0.493 e. The fraction of sp³-hybridized carbons (Fsp3) is 0.348. The molecule has 164 valence electrons. The summed E-state index contributed by atoms with van der Waals surface area (Å²) in [7, 11) is 4.55. The van der Waals surface area contributed by atoms with Crippen molar-refractivity contribution in [1.29, 1.82) is 0 Å². The SMILES string of the molecule is COc1cc(CC(=O)OCc2nc(-c3ccc(C(C)C)cc3)no2)cc(OC)c1OC. The molecule has 0 aliphatic heterocycles. The van der Waals surface area contributed by atoms with Crippen LogP contribution < -0.4 is 14.2 Å². The van der Waals surface area contributed by atoms with Gasteiger partial charge >= 0.3 is 5.97 Å². The third-order valence-electron chi connectivity index (χ3n) is 4.73. The highest BCUT2D eigenvalue weighted by atomic mass is 16.6. The first-order valence-corrected chi connectivity index (χ1v) is 9.82. The second-order valence-electron chi connectivity index (χ2n) is 7.16. The Balaban J connectivity index is 1.62. The van der Waals surface area contributed by atoms with Gasteiger partial charge < -0.3 is 23.5 Å². The molecular formula is C23H26N2O6. The number of ether oxygens (including phenoxy) is 4. The minimum atomic E-state index is -0.449. The van der Waals surface area contributed by atoms with E-state index in [4.69, 9.17) is 23.5 Å². The zero-order valence-electron chi connectivity index (χ0n) is 18.3. The lowest BCUT2D eigenvalue weighted by atomic mass is 10.0. The Morgan fingerprint density at radius 2 is 1.65 bits per heavy atom. The van der Waals surface area contributed by atoms with E-state index in [1.807, 2.05) is 24.3 Å². The number of carbonyl (C=O) groups is 1. The normalized spacial score (nSPS) is 10.8. The fourth-order valence-electron chi connectivity index (χ4n) is 3.05. The van der Waals surface area contributed by atoms with E-state index in [0.717, 1.165) is 5.56 Å². The molecule has 0 aliphatic rings. The molecule has 8 heteroatoms. The van der Waals surface area contributed by atoms with Crippen molar-refractivity contribution in [3.8, 4) is 28.6 Å². The third kappa shape index (κ3) is 5.33. The number of hydrogen-bond donors (Lipinski definition) is 0. The highest BCUT2D eigenvalue weighted by molar-refractivity contribution is 5.73. The predicted octanol–water partition coefficient (Wildman–Crippen LogP) is 4.17. The summed E-state index contributed by atoms with van der Waals surface area (Å²) in [6.07, 6.45) is 0.0222. The summed E-state index contributed by atoms with van der Waals surface area (Å²) in [6.45, 7) is 4.15. The molecule has 0 bridgehead atoms. The summed E-state index contributed by atoms with van der Waals surface area (Å²) in [6, 6.07) is 11.4. The average molecular weight is 426 g/mol. The van der Waals surface area contributed by atoms with Crippen molar-refractivity contribution < 1.29 is 28.3 Å². The zero-order chi connectivity index (χ0) is 22.4. The van der Waals surface area contributed by atoms with Gasteiger partial charge in [-0.25, -0.2) is 0 Å². The van der Waals surface area contributed by atoms with Crippen LogP contribution in [0.3, 0.4) is 0 Å². The van der Waals surface area contributed by atoms with Crippen molar-refractivity contribution in [2.45, 2.75) is 32.8 Å². The zero-order valence-corrected chi connectivity index (χ0v) is 18.3. The van der Waals surface area contributed by atoms with Crippen molar-refractivity contribution in [1.82, 2.24) is 10.1 Å². The average Bonchev–Trinajstić information content (AvgIpc) is 3.26. The molecule has 0 saturated heterocycles. The lowest BCUT2D eigenvalue weighted by Crippen LogP contribution is -2.09. The number of rotatable bonds is 9. The van der Waals surface area contributed by atoms with Gasteiger partial charge in [-0.3, -0.25) is 4.79 Å². The molecule has 8 nitrogen and oxygen atoms in total. The molecule has 0 aliphatic carbocycles.